The lowest BCUT2D eigenvalue weighted by atomic mass is 9.89. The summed E-state index contributed by atoms with van der Waals surface area (Å²) >= 11 is 1.76. The summed E-state index contributed by atoms with van der Waals surface area (Å²) in [6.07, 6.45) is -9.88. The number of hydrogen-bond acceptors (Lipinski definition) is 11. The number of rotatable bonds is 5. The molecule has 3 aromatic rings. The van der Waals surface area contributed by atoms with Crippen molar-refractivity contribution in [2.75, 3.05) is 13.2 Å². The molecular weight excluding hydrogens is 540 g/mol. The first-order valence-corrected chi connectivity index (χ1v) is 14.0. The van der Waals surface area contributed by atoms with Crippen molar-refractivity contribution in [2.24, 2.45) is 0 Å². The van der Waals surface area contributed by atoms with E-state index in [9.17, 15) is 35.7 Å². The minimum Gasteiger partial charge on any atom is -0.394 e. The molecule has 1 aromatic heterocycles. The van der Waals surface area contributed by atoms with Crippen LogP contribution in [-0.4, -0.2) is 109 Å². The molecule has 0 unspecified atom stereocenters. The number of fused-ring (bicyclic) bond motifs is 1. The summed E-state index contributed by atoms with van der Waals surface area (Å²) < 4.78 is 12.0. The number of aliphatic hydroxyl groups is 8. The standard InChI is InChI=1S/C22H24O5S.C7H14O5/c1-12-6-7-14(22-21(26)20(25)19(24)17(11-23)27-22)8-15(12)10-16-9-13-4-2-3-5-18(13)28-16;1-3-5(9)7(11)6(10)4(2-8)12-3/h2-9,17,19-26H,10-11H2,1H3;3-11H,2H2,1H3/t17-,19-,20+,21-,22+;3-,4+,5-,6+,7+/m10/s1. The van der Waals surface area contributed by atoms with E-state index in [1.807, 2.05) is 37.3 Å². The monoisotopic (exact) mass is 578 g/mol. The molecule has 0 spiro atoms. The highest BCUT2D eigenvalue weighted by Gasteiger charge is 2.44. The number of hydrogen-bond donors (Lipinski definition) is 8. The maximum atomic E-state index is 10.4. The zero-order valence-electron chi connectivity index (χ0n) is 22.3. The van der Waals surface area contributed by atoms with Crippen molar-refractivity contribution >= 4 is 21.4 Å². The average Bonchev–Trinajstić information content (AvgIpc) is 3.37. The molecule has 2 saturated heterocycles. The van der Waals surface area contributed by atoms with Gasteiger partial charge < -0.3 is 50.3 Å². The van der Waals surface area contributed by atoms with Crippen molar-refractivity contribution in [2.45, 2.75) is 81.3 Å². The van der Waals surface area contributed by atoms with Gasteiger partial charge in [0.15, 0.2) is 0 Å². The Hall–Kier alpha value is -2.00. The van der Waals surface area contributed by atoms with Crippen LogP contribution in [0.25, 0.3) is 10.1 Å². The van der Waals surface area contributed by atoms with Crippen LogP contribution >= 0.6 is 11.3 Å². The predicted molar refractivity (Wildman–Crippen MR) is 148 cm³/mol. The molecule has 3 heterocycles. The SMILES string of the molecule is C[C@@H]1O[C@H](CO)[C@@H](O)[C@H](O)[C@H]1O.Cc1ccc([C@@H]2O[C@H](CO)[C@@H](O)[C@H](O)[C@H]2O)cc1Cc1cc2ccccc2s1. The second-order valence-corrected chi connectivity index (χ2v) is 11.6. The summed E-state index contributed by atoms with van der Waals surface area (Å²) in [7, 11) is 0. The summed E-state index contributed by atoms with van der Waals surface area (Å²) in [6.45, 7) is 2.82. The second kappa shape index (κ2) is 13.3. The Kier molecular flexibility index (Phi) is 10.3. The third-order valence-corrected chi connectivity index (χ3v) is 8.68. The molecule has 220 valence electrons. The average molecular weight is 579 g/mol. The first kappa shape index (κ1) is 30.9. The van der Waals surface area contributed by atoms with Crippen LogP contribution in [-0.2, 0) is 15.9 Å². The molecular formula is C29H38O10S. The molecule has 11 heteroatoms. The van der Waals surface area contributed by atoms with Crippen molar-refractivity contribution in [3.05, 3.63) is 70.1 Å². The molecule has 40 heavy (non-hydrogen) atoms. The number of benzene rings is 2. The normalized spacial score (nSPS) is 34.4. The van der Waals surface area contributed by atoms with Crippen LogP contribution in [0.2, 0.25) is 0 Å². The van der Waals surface area contributed by atoms with Crippen molar-refractivity contribution in [1.29, 1.82) is 0 Å². The molecule has 5 rings (SSSR count). The first-order chi connectivity index (χ1) is 19.0. The summed E-state index contributed by atoms with van der Waals surface area (Å²) in [5, 5.41) is 77.5. The molecule has 2 aliphatic heterocycles. The Labute approximate surface area is 236 Å². The largest absolute Gasteiger partial charge is 0.394 e. The third kappa shape index (κ3) is 6.56. The lowest BCUT2D eigenvalue weighted by Gasteiger charge is -2.40. The van der Waals surface area contributed by atoms with Gasteiger partial charge in [-0.2, -0.15) is 0 Å². The van der Waals surface area contributed by atoms with Crippen LogP contribution in [0.4, 0.5) is 0 Å². The topological polar surface area (TPSA) is 180 Å². The van der Waals surface area contributed by atoms with Gasteiger partial charge in [-0.05, 0) is 48.1 Å². The highest BCUT2D eigenvalue weighted by atomic mass is 32.1. The minimum absolute atomic E-state index is 0.366. The lowest BCUT2D eigenvalue weighted by molar-refractivity contribution is -0.231. The number of thiophene rings is 1. The minimum atomic E-state index is -1.37. The molecule has 2 fully saturated rings. The van der Waals surface area contributed by atoms with Gasteiger partial charge in [0.05, 0.1) is 19.3 Å². The van der Waals surface area contributed by atoms with Crippen molar-refractivity contribution in [1.82, 2.24) is 0 Å². The summed E-state index contributed by atoms with van der Waals surface area (Å²) in [6, 6.07) is 16.3. The Bertz CT molecular complexity index is 1210. The molecule has 2 aliphatic rings. The van der Waals surface area contributed by atoms with E-state index in [1.54, 1.807) is 18.3 Å². The van der Waals surface area contributed by atoms with Gasteiger partial charge in [-0.15, -0.1) is 11.3 Å². The predicted octanol–water partition coefficient (Wildman–Crippen LogP) is 0.164. The molecule has 0 saturated carbocycles. The van der Waals surface area contributed by atoms with Gasteiger partial charge in [-0.3, -0.25) is 0 Å². The zero-order chi connectivity index (χ0) is 29.1. The zero-order valence-corrected chi connectivity index (χ0v) is 23.1. The molecule has 10 atom stereocenters. The molecule has 0 bridgehead atoms. The maximum Gasteiger partial charge on any atom is 0.113 e. The number of aryl methyl sites for hydroxylation is 1. The quantitative estimate of drug-likeness (QED) is 0.208. The van der Waals surface area contributed by atoms with E-state index >= 15 is 0 Å². The summed E-state index contributed by atoms with van der Waals surface area (Å²) in [4.78, 5) is 1.25. The van der Waals surface area contributed by atoms with Gasteiger partial charge in [-0.1, -0.05) is 36.4 Å². The van der Waals surface area contributed by atoms with E-state index in [2.05, 4.69) is 18.2 Å². The lowest BCUT2D eigenvalue weighted by Crippen LogP contribution is -2.57. The Balaban J connectivity index is 0.000000259. The van der Waals surface area contributed by atoms with Gasteiger partial charge in [0.25, 0.3) is 0 Å². The fourth-order valence-electron chi connectivity index (χ4n) is 5.03. The number of aliphatic hydroxyl groups excluding tert-OH is 8. The molecule has 2 aromatic carbocycles. The highest BCUT2D eigenvalue weighted by Crippen LogP contribution is 2.34. The van der Waals surface area contributed by atoms with Crippen molar-refractivity contribution in [3.8, 4) is 0 Å². The Morgan fingerprint density at radius 1 is 0.725 bits per heavy atom. The fourth-order valence-corrected chi connectivity index (χ4v) is 6.12. The first-order valence-electron chi connectivity index (χ1n) is 13.2. The van der Waals surface area contributed by atoms with Crippen molar-refractivity contribution < 1.29 is 50.3 Å². The molecule has 0 aliphatic carbocycles. The third-order valence-electron chi connectivity index (χ3n) is 7.57. The fraction of sp³-hybridized carbons (Fsp3) is 0.517. The van der Waals surface area contributed by atoms with Crippen LogP contribution in [0.15, 0.2) is 48.5 Å². The Morgan fingerprint density at radius 3 is 2.00 bits per heavy atom. The molecule has 8 N–H and O–H groups in total. The van der Waals surface area contributed by atoms with Gasteiger partial charge >= 0.3 is 0 Å². The summed E-state index contributed by atoms with van der Waals surface area (Å²) in [5.74, 6) is 0. The van der Waals surface area contributed by atoms with Crippen LogP contribution < -0.4 is 0 Å². The van der Waals surface area contributed by atoms with Crippen LogP contribution in [0.1, 0.15) is 34.6 Å². The van der Waals surface area contributed by atoms with E-state index in [0.29, 0.717) is 0 Å². The number of ether oxygens (including phenoxy) is 2. The van der Waals surface area contributed by atoms with Gasteiger partial charge in [-0.25, -0.2) is 0 Å². The second-order valence-electron chi connectivity index (χ2n) is 10.4. The van der Waals surface area contributed by atoms with Crippen molar-refractivity contribution in [3.63, 3.8) is 0 Å². The smallest absolute Gasteiger partial charge is 0.113 e. The Morgan fingerprint density at radius 2 is 1.35 bits per heavy atom. The highest BCUT2D eigenvalue weighted by molar-refractivity contribution is 7.19. The van der Waals surface area contributed by atoms with E-state index < -0.39 is 67.6 Å². The van der Waals surface area contributed by atoms with Gasteiger partial charge in [0, 0.05) is 16.0 Å². The maximum absolute atomic E-state index is 10.4. The molecule has 0 amide bonds. The molecule has 10 nitrogen and oxygen atoms in total. The van der Waals surface area contributed by atoms with E-state index in [4.69, 9.17) is 14.6 Å². The molecule has 0 radical (unpaired) electrons. The van der Waals surface area contributed by atoms with E-state index in [0.717, 1.165) is 23.1 Å². The summed E-state index contributed by atoms with van der Waals surface area (Å²) in [5.41, 5.74) is 2.96. The van der Waals surface area contributed by atoms with Gasteiger partial charge in [0.2, 0.25) is 0 Å². The van der Waals surface area contributed by atoms with Crippen LogP contribution in [0.5, 0.6) is 0 Å². The van der Waals surface area contributed by atoms with E-state index in [1.165, 1.54) is 15.0 Å². The van der Waals surface area contributed by atoms with Crippen LogP contribution in [0, 0.1) is 6.92 Å². The van der Waals surface area contributed by atoms with E-state index in [-0.39, 0.29) is 6.61 Å². The van der Waals surface area contributed by atoms with Gasteiger partial charge in [0.1, 0.15) is 54.9 Å². The van der Waals surface area contributed by atoms with Crippen LogP contribution in [0.3, 0.4) is 0 Å².